The van der Waals surface area contributed by atoms with Crippen molar-refractivity contribution in [1.29, 1.82) is 5.26 Å². The fourth-order valence-electron chi connectivity index (χ4n) is 6.51. The zero-order chi connectivity index (χ0) is 30.7. The van der Waals surface area contributed by atoms with E-state index < -0.39 is 63.2 Å². The van der Waals surface area contributed by atoms with E-state index in [-0.39, 0.29) is 62.0 Å². The standard InChI is InChI=1S/C28H26ClF6N7O/c29-19-7-16(37)6-17(21(19)28(33,34)35)23-22(32)24-18(10-38-23)25(41-5-2-14(9-36)20(31)12-41)40-26(39-24)43-13-27-3-1-4-42(27)11-15(30)8-27/h6-7,10,14-15,20H,1-5,8,11-13,37H2/t14?,15-,20?,27+/m1/s1. The Morgan fingerprint density at radius 2 is 1.98 bits per heavy atom. The molecule has 8 nitrogen and oxygen atoms in total. The van der Waals surface area contributed by atoms with E-state index >= 15 is 4.39 Å². The maximum absolute atomic E-state index is 16.3. The Bertz CT molecular complexity index is 1620. The zero-order valence-corrected chi connectivity index (χ0v) is 23.4. The van der Waals surface area contributed by atoms with E-state index in [4.69, 9.17) is 22.1 Å². The van der Waals surface area contributed by atoms with Crippen molar-refractivity contribution in [2.75, 3.05) is 43.4 Å². The average Bonchev–Trinajstić information content (AvgIpc) is 3.46. The van der Waals surface area contributed by atoms with Crippen molar-refractivity contribution >= 4 is 34.0 Å². The molecule has 2 N–H and O–H groups in total. The van der Waals surface area contributed by atoms with E-state index in [0.717, 1.165) is 24.8 Å². The van der Waals surface area contributed by atoms with Gasteiger partial charge in [-0.05, 0) is 37.9 Å². The van der Waals surface area contributed by atoms with Gasteiger partial charge >= 0.3 is 12.2 Å². The summed E-state index contributed by atoms with van der Waals surface area (Å²) in [6.07, 6.45) is -4.47. The molecule has 3 aliphatic heterocycles. The summed E-state index contributed by atoms with van der Waals surface area (Å²) in [5.74, 6) is -2.00. The molecule has 228 valence electrons. The Morgan fingerprint density at radius 1 is 1.19 bits per heavy atom. The van der Waals surface area contributed by atoms with E-state index in [0.29, 0.717) is 13.0 Å². The molecule has 1 aromatic carbocycles. The molecular formula is C28H26ClF6N7O. The average molecular weight is 626 g/mol. The second-order valence-corrected chi connectivity index (χ2v) is 11.7. The second kappa shape index (κ2) is 10.9. The Morgan fingerprint density at radius 3 is 2.70 bits per heavy atom. The molecule has 3 aromatic rings. The number of piperidine rings is 1. The smallest absolute Gasteiger partial charge is 0.418 e. The van der Waals surface area contributed by atoms with Crippen molar-refractivity contribution in [3.63, 3.8) is 0 Å². The minimum Gasteiger partial charge on any atom is -0.461 e. The SMILES string of the molecule is N#CC1CCN(c2nc(OC[C@@]34CCCN3C[C@H](F)C4)nc3c(F)c(-c4cc(N)cc(Cl)c4C(F)(F)F)ncc23)CC1F. The van der Waals surface area contributed by atoms with Crippen LogP contribution in [0, 0.1) is 23.1 Å². The maximum Gasteiger partial charge on any atom is 0.418 e. The number of nitrogens with zero attached hydrogens (tertiary/aromatic N) is 6. The molecule has 3 saturated heterocycles. The van der Waals surface area contributed by atoms with Crippen LogP contribution in [0.4, 0.5) is 37.8 Å². The normalized spacial score (nSPS) is 26.1. The number of benzene rings is 1. The van der Waals surface area contributed by atoms with Gasteiger partial charge in [0.1, 0.15) is 36.0 Å². The molecule has 3 fully saturated rings. The van der Waals surface area contributed by atoms with E-state index in [2.05, 4.69) is 15.0 Å². The van der Waals surface area contributed by atoms with Crippen LogP contribution in [0.3, 0.4) is 0 Å². The number of hydrogen-bond donors (Lipinski definition) is 1. The first-order valence-corrected chi connectivity index (χ1v) is 14.1. The van der Waals surface area contributed by atoms with Crippen molar-refractivity contribution < 1.29 is 31.1 Å². The molecule has 6 rings (SSSR count). The number of aromatic nitrogens is 3. The molecule has 15 heteroatoms. The highest BCUT2D eigenvalue weighted by molar-refractivity contribution is 6.32. The van der Waals surface area contributed by atoms with Gasteiger partial charge in [0, 0.05) is 37.0 Å². The number of rotatable bonds is 5. The summed E-state index contributed by atoms with van der Waals surface area (Å²) >= 11 is 5.89. The third-order valence-electron chi connectivity index (χ3n) is 8.53. The van der Waals surface area contributed by atoms with Crippen molar-refractivity contribution in [2.24, 2.45) is 5.92 Å². The predicted octanol–water partition coefficient (Wildman–Crippen LogP) is 5.73. The number of anilines is 2. The number of nitrogen functional groups attached to an aromatic ring is 1. The molecule has 0 radical (unpaired) electrons. The van der Waals surface area contributed by atoms with E-state index in [1.807, 2.05) is 11.0 Å². The highest BCUT2D eigenvalue weighted by Crippen LogP contribution is 2.44. The molecular weight excluding hydrogens is 600 g/mol. The van der Waals surface area contributed by atoms with Gasteiger partial charge in [0.15, 0.2) is 5.82 Å². The molecule has 0 saturated carbocycles. The van der Waals surface area contributed by atoms with Crippen molar-refractivity contribution in [3.8, 4) is 23.3 Å². The summed E-state index contributed by atoms with van der Waals surface area (Å²) < 4.78 is 93.4. The molecule has 3 aliphatic rings. The van der Waals surface area contributed by atoms with Gasteiger partial charge in [0.25, 0.3) is 0 Å². The number of hydrogen-bond acceptors (Lipinski definition) is 8. The Kier molecular flexibility index (Phi) is 7.45. The lowest BCUT2D eigenvalue weighted by atomic mass is 9.95. The molecule has 0 aliphatic carbocycles. The Labute approximate surface area is 247 Å². The number of nitrogens with two attached hydrogens (primary N) is 1. The molecule has 2 aromatic heterocycles. The highest BCUT2D eigenvalue weighted by atomic mass is 35.5. The van der Waals surface area contributed by atoms with Crippen LogP contribution < -0.4 is 15.4 Å². The highest BCUT2D eigenvalue weighted by Gasteiger charge is 2.49. The summed E-state index contributed by atoms with van der Waals surface area (Å²) in [5.41, 5.74) is 1.92. The van der Waals surface area contributed by atoms with Crippen LogP contribution in [-0.2, 0) is 6.18 Å². The number of fused-ring (bicyclic) bond motifs is 2. The van der Waals surface area contributed by atoms with Gasteiger partial charge in [-0.25, -0.2) is 13.2 Å². The van der Waals surface area contributed by atoms with Crippen LogP contribution in [0.25, 0.3) is 22.2 Å². The third-order valence-corrected chi connectivity index (χ3v) is 8.83. The fourth-order valence-corrected chi connectivity index (χ4v) is 6.84. The minimum atomic E-state index is -4.96. The van der Waals surface area contributed by atoms with Crippen LogP contribution in [0.15, 0.2) is 18.3 Å². The molecule has 5 heterocycles. The first kappa shape index (κ1) is 29.5. The molecule has 2 unspecified atom stereocenters. The molecule has 0 bridgehead atoms. The minimum absolute atomic E-state index is 0.00319. The van der Waals surface area contributed by atoms with Gasteiger partial charge in [-0.1, -0.05) is 11.6 Å². The summed E-state index contributed by atoms with van der Waals surface area (Å²) in [6.45, 7) is 0.929. The lowest BCUT2D eigenvalue weighted by Gasteiger charge is -2.33. The van der Waals surface area contributed by atoms with Gasteiger partial charge in [-0.2, -0.15) is 28.4 Å². The molecule has 0 spiro atoms. The van der Waals surface area contributed by atoms with Crippen molar-refractivity contribution in [2.45, 2.75) is 49.7 Å². The Hall–Kier alpha value is -3.57. The molecule has 4 atom stereocenters. The third kappa shape index (κ3) is 5.26. The lowest BCUT2D eigenvalue weighted by Crippen LogP contribution is -2.44. The van der Waals surface area contributed by atoms with E-state index in [1.165, 1.54) is 4.90 Å². The summed E-state index contributed by atoms with van der Waals surface area (Å²) in [6, 6.07) is 3.46. The van der Waals surface area contributed by atoms with Gasteiger partial charge < -0.3 is 15.4 Å². The van der Waals surface area contributed by atoms with Gasteiger partial charge in [-0.15, -0.1) is 0 Å². The zero-order valence-electron chi connectivity index (χ0n) is 22.6. The lowest BCUT2D eigenvalue weighted by molar-refractivity contribution is -0.137. The Balaban J connectivity index is 1.47. The predicted molar refractivity (Wildman–Crippen MR) is 147 cm³/mol. The monoisotopic (exact) mass is 625 g/mol. The van der Waals surface area contributed by atoms with Gasteiger partial charge in [0.05, 0.1) is 40.0 Å². The quantitative estimate of drug-likeness (QED) is 0.283. The largest absolute Gasteiger partial charge is 0.461 e. The topological polar surface area (TPSA) is 104 Å². The molecule has 0 amide bonds. The van der Waals surface area contributed by atoms with Crippen LogP contribution in [0.2, 0.25) is 5.02 Å². The number of alkyl halides is 5. The van der Waals surface area contributed by atoms with Gasteiger partial charge in [0.2, 0.25) is 0 Å². The van der Waals surface area contributed by atoms with Crippen molar-refractivity contribution in [1.82, 2.24) is 19.9 Å². The van der Waals surface area contributed by atoms with Crippen LogP contribution in [-0.4, -0.2) is 70.5 Å². The molecule has 43 heavy (non-hydrogen) atoms. The second-order valence-electron chi connectivity index (χ2n) is 11.3. The number of ether oxygens (including phenoxy) is 1. The first-order chi connectivity index (χ1) is 20.4. The van der Waals surface area contributed by atoms with Crippen LogP contribution in [0.1, 0.15) is 31.2 Å². The van der Waals surface area contributed by atoms with Gasteiger partial charge in [-0.3, -0.25) is 9.88 Å². The first-order valence-electron chi connectivity index (χ1n) is 13.7. The number of halogens is 7. The fraction of sp³-hybridized carbons (Fsp3) is 0.500. The summed E-state index contributed by atoms with van der Waals surface area (Å²) in [5, 5.41) is 8.53. The number of nitriles is 1. The van der Waals surface area contributed by atoms with E-state index in [9.17, 15) is 27.2 Å². The summed E-state index contributed by atoms with van der Waals surface area (Å²) in [4.78, 5) is 16.2. The van der Waals surface area contributed by atoms with Crippen molar-refractivity contribution in [3.05, 3.63) is 34.7 Å². The summed E-state index contributed by atoms with van der Waals surface area (Å²) in [7, 11) is 0. The van der Waals surface area contributed by atoms with Crippen LogP contribution >= 0.6 is 11.6 Å². The number of pyridine rings is 1. The van der Waals surface area contributed by atoms with E-state index in [1.54, 1.807) is 0 Å². The van der Waals surface area contributed by atoms with Crippen LogP contribution in [0.5, 0.6) is 6.01 Å². The maximum atomic E-state index is 16.3.